The minimum atomic E-state index is -0.313. The summed E-state index contributed by atoms with van der Waals surface area (Å²) in [6.07, 6.45) is 2.70. The fourth-order valence-corrected chi connectivity index (χ4v) is 2.93. The number of hydrogen-bond donors (Lipinski definition) is 1. The van der Waals surface area contributed by atoms with Crippen LogP contribution in [0.5, 0.6) is 0 Å². The number of nitrogens with one attached hydrogen (secondary N) is 1. The van der Waals surface area contributed by atoms with E-state index >= 15 is 0 Å². The molecule has 0 aromatic heterocycles. The van der Waals surface area contributed by atoms with Gasteiger partial charge in [-0.05, 0) is 31.0 Å². The van der Waals surface area contributed by atoms with Crippen LogP contribution in [0, 0.1) is 11.3 Å². The Balaban J connectivity index is 1.97. The summed E-state index contributed by atoms with van der Waals surface area (Å²) in [7, 11) is 0. The highest BCUT2D eigenvalue weighted by molar-refractivity contribution is 5.97. The second-order valence-corrected chi connectivity index (χ2v) is 6.42. The highest BCUT2D eigenvalue weighted by atomic mass is 16.1. The van der Waals surface area contributed by atoms with Gasteiger partial charge in [-0.15, -0.1) is 0 Å². The fraction of sp³-hybridized carbons (Fsp3) is 0.500. The van der Waals surface area contributed by atoms with Crippen molar-refractivity contribution in [1.29, 1.82) is 5.26 Å². The topological polar surface area (TPSA) is 59.4 Å². The molecule has 1 aliphatic heterocycles. The normalized spacial score (nSPS) is 17.0. The van der Waals surface area contributed by atoms with Gasteiger partial charge in [-0.1, -0.05) is 38.1 Å². The lowest BCUT2D eigenvalue weighted by atomic mass is 10.0. The number of hydrogen-bond acceptors (Lipinski definition) is 4. The molecule has 1 aromatic rings. The molecule has 134 valence electrons. The van der Waals surface area contributed by atoms with Crippen molar-refractivity contribution < 1.29 is 4.79 Å². The van der Waals surface area contributed by atoms with Crippen LogP contribution in [0.1, 0.15) is 37.9 Å². The van der Waals surface area contributed by atoms with Crippen molar-refractivity contribution in [3.63, 3.8) is 0 Å². The molecule has 1 aliphatic rings. The van der Waals surface area contributed by atoms with Crippen LogP contribution in [0.3, 0.4) is 0 Å². The summed E-state index contributed by atoms with van der Waals surface area (Å²) in [6, 6.07) is 10.1. The first-order valence-corrected chi connectivity index (χ1v) is 9.05. The fourth-order valence-electron chi connectivity index (χ4n) is 2.93. The zero-order chi connectivity index (χ0) is 18.2. The predicted molar refractivity (Wildman–Crippen MR) is 99.8 cm³/mol. The summed E-state index contributed by atoms with van der Waals surface area (Å²) in [6.45, 7) is 10.9. The number of nitrogens with zero attached hydrogens (tertiary/aromatic N) is 3. The van der Waals surface area contributed by atoms with Crippen LogP contribution in [-0.4, -0.2) is 48.4 Å². The lowest BCUT2D eigenvalue weighted by Gasteiger charge is -2.33. The molecular weight excluding hydrogens is 312 g/mol. The minimum Gasteiger partial charge on any atom is -0.374 e. The Morgan fingerprint density at radius 1 is 1.24 bits per heavy atom. The third-order valence-electron chi connectivity index (χ3n) is 4.77. The number of rotatable bonds is 6. The van der Waals surface area contributed by atoms with Crippen molar-refractivity contribution in [3.8, 4) is 6.07 Å². The van der Waals surface area contributed by atoms with Gasteiger partial charge >= 0.3 is 0 Å². The first kappa shape index (κ1) is 19.0. The number of amides is 1. The summed E-state index contributed by atoms with van der Waals surface area (Å²) in [5.74, 6) is -0.313. The van der Waals surface area contributed by atoms with E-state index < -0.39 is 0 Å². The van der Waals surface area contributed by atoms with E-state index in [0.717, 1.165) is 44.7 Å². The third-order valence-corrected chi connectivity index (χ3v) is 4.77. The lowest BCUT2D eigenvalue weighted by Crippen LogP contribution is -2.44. The molecule has 1 aromatic carbocycles. The molecule has 0 saturated carbocycles. The van der Waals surface area contributed by atoms with Gasteiger partial charge in [-0.25, -0.2) is 0 Å². The molecule has 5 heteroatoms. The molecular formula is C20H28N4O. The van der Waals surface area contributed by atoms with Gasteiger partial charge in [-0.2, -0.15) is 5.26 Å². The molecule has 5 nitrogen and oxygen atoms in total. The molecule has 1 atom stereocenters. The van der Waals surface area contributed by atoms with Gasteiger partial charge in [0, 0.05) is 32.4 Å². The van der Waals surface area contributed by atoms with Crippen LogP contribution in [0.2, 0.25) is 0 Å². The molecule has 1 N–H and O–H groups in total. The molecule has 1 saturated heterocycles. The second kappa shape index (κ2) is 9.24. The molecule has 1 amide bonds. The molecule has 1 unspecified atom stereocenters. The molecule has 1 heterocycles. The van der Waals surface area contributed by atoms with E-state index in [0.29, 0.717) is 0 Å². The largest absolute Gasteiger partial charge is 0.374 e. The maximum Gasteiger partial charge on any atom is 0.263 e. The standard InChI is InChI=1S/C20H28N4O/c1-4-17-6-8-18(9-7-17)16(3)22-20(25)19(14-21)15-24-12-10-23(5-2)11-13-24/h6-9,15-16H,4-5,10-13H2,1-3H3,(H,22,25)/b19-15-. The number of likely N-dealkylation sites (N-methyl/N-ethyl adjacent to an activating group) is 1. The summed E-state index contributed by atoms with van der Waals surface area (Å²) in [5, 5.41) is 12.3. The van der Waals surface area contributed by atoms with E-state index in [2.05, 4.69) is 41.1 Å². The van der Waals surface area contributed by atoms with Gasteiger partial charge in [-0.3, -0.25) is 4.79 Å². The van der Waals surface area contributed by atoms with Crippen molar-refractivity contribution in [2.75, 3.05) is 32.7 Å². The van der Waals surface area contributed by atoms with Crippen LogP contribution < -0.4 is 5.32 Å². The quantitative estimate of drug-likeness (QED) is 0.638. The maximum absolute atomic E-state index is 12.4. The number of piperazine rings is 1. The Morgan fingerprint density at radius 3 is 2.40 bits per heavy atom. The molecule has 1 fully saturated rings. The van der Waals surface area contributed by atoms with Crippen molar-refractivity contribution in [3.05, 3.63) is 47.2 Å². The zero-order valence-electron chi connectivity index (χ0n) is 15.5. The van der Waals surface area contributed by atoms with Gasteiger partial charge in [0.15, 0.2) is 0 Å². The first-order valence-electron chi connectivity index (χ1n) is 9.05. The number of benzene rings is 1. The van der Waals surface area contributed by atoms with Gasteiger partial charge in [0.05, 0.1) is 6.04 Å². The Labute approximate surface area is 150 Å². The van der Waals surface area contributed by atoms with Crippen LogP contribution in [0.4, 0.5) is 0 Å². The molecule has 0 spiro atoms. The summed E-state index contributed by atoms with van der Waals surface area (Å²) in [5.41, 5.74) is 2.48. The minimum absolute atomic E-state index is 0.132. The smallest absolute Gasteiger partial charge is 0.263 e. The number of carbonyl (C=O) groups is 1. The van der Waals surface area contributed by atoms with Gasteiger partial charge in [0.25, 0.3) is 5.91 Å². The van der Waals surface area contributed by atoms with Crippen LogP contribution in [0.15, 0.2) is 36.0 Å². The Bertz CT molecular complexity index is 637. The predicted octanol–water partition coefficient (Wildman–Crippen LogP) is 2.47. The van der Waals surface area contributed by atoms with Crippen molar-refractivity contribution >= 4 is 5.91 Å². The Morgan fingerprint density at radius 2 is 1.88 bits per heavy atom. The molecule has 25 heavy (non-hydrogen) atoms. The number of aryl methyl sites for hydroxylation is 1. The van der Waals surface area contributed by atoms with E-state index in [1.807, 2.05) is 25.1 Å². The molecule has 0 bridgehead atoms. The maximum atomic E-state index is 12.4. The van der Waals surface area contributed by atoms with Crippen LogP contribution in [0.25, 0.3) is 0 Å². The van der Waals surface area contributed by atoms with E-state index in [4.69, 9.17) is 0 Å². The van der Waals surface area contributed by atoms with Crippen molar-refractivity contribution in [1.82, 2.24) is 15.1 Å². The number of carbonyl (C=O) groups excluding carboxylic acids is 1. The summed E-state index contributed by atoms with van der Waals surface area (Å²) >= 11 is 0. The van der Waals surface area contributed by atoms with Gasteiger partial charge < -0.3 is 15.1 Å². The van der Waals surface area contributed by atoms with Gasteiger partial charge in [0.1, 0.15) is 11.6 Å². The molecule has 0 aliphatic carbocycles. The highest BCUT2D eigenvalue weighted by Crippen LogP contribution is 2.14. The Hall–Kier alpha value is -2.32. The molecule has 2 rings (SSSR count). The average molecular weight is 340 g/mol. The Kier molecular flexibility index (Phi) is 7.03. The summed E-state index contributed by atoms with van der Waals surface area (Å²) < 4.78 is 0. The van der Waals surface area contributed by atoms with E-state index in [1.165, 1.54) is 5.56 Å². The van der Waals surface area contributed by atoms with E-state index in [-0.39, 0.29) is 17.5 Å². The summed E-state index contributed by atoms with van der Waals surface area (Å²) in [4.78, 5) is 16.9. The second-order valence-electron chi connectivity index (χ2n) is 6.42. The molecule has 0 radical (unpaired) electrons. The van der Waals surface area contributed by atoms with Crippen molar-refractivity contribution in [2.45, 2.75) is 33.2 Å². The van der Waals surface area contributed by atoms with Crippen LogP contribution >= 0.6 is 0 Å². The number of nitriles is 1. The zero-order valence-corrected chi connectivity index (χ0v) is 15.5. The van der Waals surface area contributed by atoms with E-state index in [1.54, 1.807) is 6.20 Å². The van der Waals surface area contributed by atoms with Crippen LogP contribution in [-0.2, 0) is 11.2 Å². The third kappa shape index (κ3) is 5.33. The SMILES string of the molecule is CCc1ccc(C(C)NC(=O)/C(C#N)=C\N2CCN(CC)CC2)cc1. The van der Waals surface area contributed by atoms with Crippen molar-refractivity contribution in [2.24, 2.45) is 0 Å². The van der Waals surface area contributed by atoms with E-state index in [9.17, 15) is 10.1 Å². The lowest BCUT2D eigenvalue weighted by molar-refractivity contribution is -0.117. The van der Waals surface area contributed by atoms with Gasteiger partial charge in [0.2, 0.25) is 0 Å². The monoisotopic (exact) mass is 340 g/mol. The highest BCUT2D eigenvalue weighted by Gasteiger charge is 2.17. The average Bonchev–Trinajstić information content (AvgIpc) is 2.66. The first-order chi connectivity index (χ1) is 12.1.